The molecule has 0 fully saturated rings. The molecule has 10 heteroatoms. The maximum absolute atomic E-state index is 11.7. The zero-order chi connectivity index (χ0) is 25.9. The van der Waals surface area contributed by atoms with Crippen LogP contribution < -0.4 is 10.5 Å². The Bertz CT molecular complexity index is 1480. The Balaban J connectivity index is 1.51. The quantitative estimate of drug-likeness (QED) is 0.279. The zero-order valence-electron chi connectivity index (χ0n) is 20.7. The number of sulfonamides is 1. The molecule has 2 heterocycles. The minimum atomic E-state index is -4.00. The highest BCUT2D eigenvalue weighted by Gasteiger charge is 2.15. The van der Waals surface area contributed by atoms with Gasteiger partial charge in [0.25, 0.3) is 0 Å². The fraction of sp³-hybridized carbons (Fsp3) is 0.346. The van der Waals surface area contributed by atoms with Crippen LogP contribution in [0, 0.1) is 5.92 Å². The molecule has 8 nitrogen and oxygen atoms in total. The summed E-state index contributed by atoms with van der Waals surface area (Å²) in [6, 6.07) is 12.9. The first kappa shape index (κ1) is 26.0. The Morgan fingerprint density at radius 1 is 1.03 bits per heavy atom. The average Bonchev–Trinajstić information content (AvgIpc) is 3.20. The molecule has 0 saturated heterocycles. The van der Waals surface area contributed by atoms with E-state index in [0.717, 1.165) is 40.3 Å². The molecule has 0 saturated carbocycles. The molecule has 0 aliphatic heterocycles. The first-order valence-electron chi connectivity index (χ1n) is 11.9. The fourth-order valence-corrected chi connectivity index (χ4v) is 5.70. The van der Waals surface area contributed by atoms with Crippen molar-refractivity contribution >= 4 is 37.5 Å². The van der Waals surface area contributed by atoms with E-state index >= 15 is 0 Å². The van der Waals surface area contributed by atoms with Crippen LogP contribution in [0.2, 0.25) is 0 Å². The molecule has 0 aliphatic rings. The first-order chi connectivity index (χ1) is 17.1. The summed E-state index contributed by atoms with van der Waals surface area (Å²) in [5.41, 5.74) is 4.90. The molecule has 4 rings (SSSR count). The molecular weight excluding hydrogens is 494 g/mol. The van der Waals surface area contributed by atoms with E-state index in [1.807, 2.05) is 6.07 Å². The Morgan fingerprint density at radius 3 is 2.50 bits per heavy atom. The largest absolute Gasteiger partial charge is 0.507 e. The summed E-state index contributed by atoms with van der Waals surface area (Å²) >= 11 is 1.70. The van der Waals surface area contributed by atoms with Crippen LogP contribution in [0.1, 0.15) is 48.3 Å². The number of phenolic OH excluding ortho intramolecular Hbond substituents is 1. The molecule has 4 aromatic rings. The SMILES string of the molecule is CCc1ccc2nc(Cc3cc(CC(C)C)nc(NCCc4ccc(O)c(S(N)(=O)=O)c4)n3)sc2c1. The molecular formula is C26H31N5O3S2. The van der Waals surface area contributed by atoms with Crippen molar-refractivity contribution in [3.63, 3.8) is 0 Å². The second-order valence-electron chi connectivity index (χ2n) is 9.24. The van der Waals surface area contributed by atoms with E-state index < -0.39 is 10.0 Å². The van der Waals surface area contributed by atoms with Crippen LogP contribution in [0.15, 0.2) is 47.4 Å². The summed E-state index contributed by atoms with van der Waals surface area (Å²) in [5.74, 6) is 0.622. The molecule has 0 radical (unpaired) electrons. The van der Waals surface area contributed by atoms with Crippen molar-refractivity contribution in [3.05, 3.63) is 70.0 Å². The Hall–Kier alpha value is -3.08. The van der Waals surface area contributed by atoms with Crippen LogP contribution in [0.3, 0.4) is 0 Å². The van der Waals surface area contributed by atoms with Crippen LogP contribution in [0.25, 0.3) is 10.2 Å². The van der Waals surface area contributed by atoms with Gasteiger partial charge in [0.2, 0.25) is 16.0 Å². The Labute approximate surface area is 215 Å². The maximum Gasteiger partial charge on any atom is 0.241 e. The van der Waals surface area contributed by atoms with Gasteiger partial charge < -0.3 is 10.4 Å². The molecule has 0 bridgehead atoms. The molecule has 36 heavy (non-hydrogen) atoms. The topological polar surface area (TPSA) is 131 Å². The minimum Gasteiger partial charge on any atom is -0.507 e. The van der Waals surface area contributed by atoms with E-state index in [0.29, 0.717) is 31.3 Å². The summed E-state index contributed by atoms with van der Waals surface area (Å²) in [4.78, 5) is 13.9. The molecule has 4 N–H and O–H groups in total. The molecule has 2 aromatic heterocycles. The third-order valence-electron chi connectivity index (χ3n) is 5.71. The second kappa shape index (κ2) is 10.9. The summed E-state index contributed by atoms with van der Waals surface area (Å²) in [6.45, 7) is 6.94. The smallest absolute Gasteiger partial charge is 0.241 e. The van der Waals surface area contributed by atoms with Gasteiger partial charge in [0.15, 0.2) is 0 Å². The van der Waals surface area contributed by atoms with Gasteiger partial charge >= 0.3 is 0 Å². The molecule has 0 aliphatic carbocycles. The normalized spacial score (nSPS) is 11.9. The van der Waals surface area contributed by atoms with Crippen molar-refractivity contribution in [2.24, 2.45) is 11.1 Å². The van der Waals surface area contributed by atoms with Crippen LogP contribution in [0.5, 0.6) is 5.75 Å². The summed E-state index contributed by atoms with van der Waals surface area (Å²) < 4.78 is 24.5. The number of nitrogens with one attached hydrogen (secondary N) is 1. The molecule has 0 spiro atoms. The molecule has 2 aromatic carbocycles. The van der Waals surface area contributed by atoms with Gasteiger partial charge in [-0.15, -0.1) is 11.3 Å². The van der Waals surface area contributed by atoms with Crippen molar-refractivity contribution in [1.29, 1.82) is 0 Å². The van der Waals surface area contributed by atoms with Crippen LogP contribution in [0.4, 0.5) is 5.95 Å². The number of primary sulfonamides is 1. The van der Waals surface area contributed by atoms with Gasteiger partial charge in [-0.05, 0) is 66.6 Å². The van der Waals surface area contributed by atoms with Gasteiger partial charge in [0.1, 0.15) is 10.6 Å². The zero-order valence-corrected chi connectivity index (χ0v) is 22.3. The van der Waals surface area contributed by atoms with Crippen LogP contribution in [-0.4, -0.2) is 35.0 Å². The van der Waals surface area contributed by atoms with Gasteiger partial charge in [0, 0.05) is 18.7 Å². The number of thiazole rings is 1. The predicted octanol–water partition coefficient (Wildman–Crippen LogP) is 4.45. The highest BCUT2D eigenvalue weighted by Crippen LogP contribution is 2.26. The van der Waals surface area contributed by atoms with E-state index in [9.17, 15) is 13.5 Å². The monoisotopic (exact) mass is 525 g/mol. The fourth-order valence-electron chi connectivity index (χ4n) is 3.97. The summed E-state index contributed by atoms with van der Waals surface area (Å²) in [7, 11) is -4.00. The van der Waals surface area contributed by atoms with Crippen molar-refractivity contribution in [2.75, 3.05) is 11.9 Å². The lowest BCUT2D eigenvalue weighted by Gasteiger charge is -2.11. The molecule has 0 unspecified atom stereocenters. The number of phenols is 1. The van der Waals surface area contributed by atoms with Crippen molar-refractivity contribution in [3.8, 4) is 5.75 Å². The van der Waals surface area contributed by atoms with E-state index in [1.54, 1.807) is 17.4 Å². The van der Waals surface area contributed by atoms with Crippen molar-refractivity contribution in [2.45, 2.75) is 51.3 Å². The van der Waals surface area contributed by atoms with Crippen molar-refractivity contribution < 1.29 is 13.5 Å². The molecule has 0 atom stereocenters. The van der Waals surface area contributed by atoms with Crippen molar-refractivity contribution in [1.82, 2.24) is 15.0 Å². The Kier molecular flexibility index (Phi) is 7.87. The third-order valence-corrected chi connectivity index (χ3v) is 7.67. The number of hydrogen-bond donors (Lipinski definition) is 3. The maximum atomic E-state index is 11.7. The van der Waals surface area contributed by atoms with Gasteiger partial charge in [0.05, 0.1) is 20.9 Å². The summed E-state index contributed by atoms with van der Waals surface area (Å²) in [5, 5.41) is 19.3. The standard InChI is InChI=1S/C26H31N5O3S2/c1-4-17-5-7-21-23(12-17)35-25(31-21)15-20-14-19(11-16(2)3)29-26(30-20)28-10-9-18-6-8-22(32)24(13-18)36(27,33)34/h5-8,12-14,16,32H,4,9-11,15H2,1-3H3,(H2,27,33,34)(H,28,29,30). The van der Waals surface area contributed by atoms with Gasteiger partial charge in [-0.2, -0.15) is 0 Å². The Morgan fingerprint density at radius 2 is 1.78 bits per heavy atom. The van der Waals surface area contributed by atoms with E-state index in [-0.39, 0.29) is 10.6 Å². The van der Waals surface area contributed by atoms with Crippen LogP contribution >= 0.6 is 11.3 Å². The van der Waals surface area contributed by atoms with Gasteiger partial charge in [-0.3, -0.25) is 0 Å². The lowest BCUT2D eigenvalue weighted by Crippen LogP contribution is -2.14. The van der Waals surface area contributed by atoms with Gasteiger partial charge in [-0.25, -0.2) is 28.5 Å². The highest BCUT2D eigenvalue weighted by atomic mass is 32.2. The van der Waals surface area contributed by atoms with E-state index in [2.05, 4.69) is 49.3 Å². The minimum absolute atomic E-state index is 0.278. The molecule has 190 valence electrons. The van der Waals surface area contributed by atoms with Crippen LogP contribution in [-0.2, 0) is 35.7 Å². The number of benzene rings is 2. The predicted molar refractivity (Wildman–Crippen MR) is 144 cm³/mol. The second-order valence-corrected chi connectivity index (χ2v) is 11.9. The summed E-state index contributed by atoms with van der Waals surface area (Å²) in [6.07, 6.45) is 2.96. The lowest BCUT2D eigenvalue weighted by atomic mass is 10.1. The lowest BCUT2D eigenvalue weighted by molar-refractivity contribution is 0.458. The number of nitrogens with two attached hydrogens (primary N) is 1. The number of fused-ring (bicyclic) bond motifs is 1. The molecule has 0 amide bonds. The number of rotatable bonds is 10. The number of hydrogen-bond acceptors (Lipinski definition) is 8. The van der Waals surface area contributed by atoms with Gasteiger partial charge in [-0.1, -0.05) is 32.9 Å². The van der Waals surface area contributed by atoms with E-state index in [4.69, 9.17) is 15.1 Å². The number of aromatic hydroxyl groups is 1. The number of anilines is 1. The average molecular weight is 526 g/mol. The number of aromatic nitrogens is 3. The third kappa shape index (κ3) is 6.57. The first-order valence-corrected chi connectivity index (χ1v) is 14.3. The number of aryl methyl sites for hydroxylation is 1. The highest BCUT2D eigenvalue weighted by molar-refractivity contribution is 7.89. The number of nitrogens with zero attached hydrogens (tertiary/aromatic N) is 3. The van der Waals surface area contributed by atoms with E-state index in [1.165, 1.54) is 22.4 Å².